The average Bonchev–Trinajstić information content (AvgIpc) is 3.15. The number of hydrogen-bond donors (Lipinski definition) is 1. The van der Waals surface area contributed by atoms with Gasteiger partial charge >= 0.3 is 0 Å². The number of H-pyrrole nitrogens is 1. The van der Waals surface area contributed by atoms with Crippen molar-refractivity contribution in [2.24, 2.45) is 0 Å². The highest BCUT2D eigenvalue weighted by molar-refractivity contribution is 5.95. The third-order valence-electron chi connectivity index (χ3n) is 4.06. The Kier molecular flexibility index (Phi) is 3.49. The van der Waals surface area contributed by atoms with Crippen LogP contribution in [0, 0.1) is 0 Å². The number of aromatic nitrogens is 3. The second-order valence-corrected chi connectivity index (χ2v) is 5.45. The molecule has 8 nitrogen and oxygen atoms in total. The molecule has 2 aliphatic heterocycles. The van der Waals surface area contributed by atoms with E-state index in [-0.39, 0.29) is 5.91 Å². The van der Waals surface area contributed by atoms with Crippen LogP contribution in [-0.2, 0) is 0 Å². The molecule has 120 valence electrons. The van der Waals surface area contributed by atoms with Gasteiger partial charge in [-0.2, -0.15) is 10.1 Å². The molecule has 1 amide bonds. The average molecular weight is 315 g/mol. The minimum Gasteiger partial charge on any atom is -0.486 e. The van der Waals surface area contributed by atoms with E-state index in [4.69, 9.17) is 9.47 Å². The molecule has 3 heterocycles. The molecule has 23 heavy (non-hydrogen) atoms. The molecular weight excluding hydrogens is 298 g/mol. The van der Waals surface area contributed by atoms with Gasteiger partial charge in [0, 0.05) is 31.7 Å². The smallest absolute Gasteiger partial charge is 0.254 e. The Morgan fingerprint density at radius 2 is 1.87 bits per heavy atom. The van der Waals surface area contributed by atoms with Gasteiger partial charge in [-0.15, -0.1) is 0 Å². The summed E-state index contributed by atoms with van der Waals surface area (Å²) >= 11 is 0. The van der Waals surface area contributed by atoms with E-state index in [0.29, 0.717) is 43.4 Å². The van der Waals surface area contributed by atoms with E-state index in [1.807, 2.05) is 4.90 Å². The van der Waals surface area contributed by atoms with Crippen molar-refractivity contribution >= 4 is 11.9 Å². The van der Waals surface area contributed by atoms with Crippen molar-refractivity contribution in [3.63, 3.8) is 0 Å². The van der Waals surface area contributed by atoms with Gasteiger partial charge in [0.05, 0.1) is 0 Å². The number of piperazine rings is 1. The Morgan fingerprint density at radius 1 is 1.09 bits per heavy atom. The van der Waals surface area contributed by atoms with E-state index < -0.39 is 0 Å². The Morgan fingerprint density at radius 3 is 2.61 bits per heavy atom. The van der Waals surface area contributed by atoms with Gasteiger partial charge in [-0.05, 0) is 18.2 Å². The summed E-state index contributed by atoms with van der Waals surface area (Å²) in [6.07, 6.45) is 1.49. The molecule has 0 spiro atoms. The fourth-order valence-corrected chi connectivity index (χ4v) is 2.83. The molecule has 0 bridgehead atoms. The van der Waals surface area contributed by atoms with Crippen molar-refractivity contribution in [3.8, 4) is 11.5 Å². The molecule has 0 radical (unpaired) electrons. The Hall–Kier alpha value is -2.77. The zero-order chi connectivity index (χ0) is 15.6. The molecule has 0 atom stereocenters. The number of nitrogens with zero attached hydrogens (tertiary/aromatic N) is 4. The van der Waals surface area contributed by atoms with Gasteiger partial charge in [0.25, 0.3) is 5.91 Å². The molecular formula is C15H17N5O3. The molecule has 1 aromatic carbocycles. The number of aromatic amines is 1. The van der Waals surface area contributed by atoms with E-state index in [1.54, 1.807) is 18.2 Å². The third-order valence-corrected chi connectivity index (χ3v) is 4.06. The van der Waals surface area contributed by atoms with Gasteiger partial charge in [0.2, 0.25) is 5.95 Å². The van der Waals surface area contributed by atoms with Crippen LogP contribution >= 0.6 is 0 Å². The summed E-state index contributed by atoms with van der Waals surface area (Å²) in [6.45, 7) is 3.81. The van der Waals surface area contributed by atoms with Crippen molar-refractivity contribution < 1.29 is 14.3 Å². The maximum Gasteiger partial charge on any atom is 0.254 e. The lowest BCUT2D eigenvalue weighted by Crippen LogP contribution is -2.49. The highest BCUT2D eigenvalue weighted by Gasteiger charge is 2.24. The molecule has 0 unspecified atom stereocenters. The lowest BCUT2D eigenvalue weighted by atomic mass is 10.1. The Balaban J connectivity index is 1.44. The van der Waals surface area contributed by atoms with Crippen molar-refractivity contribution in [2.75, 3.05) is 44.3 Å². The second-order valence-electron chi connectivity index (χ2n) is 5.45. The monoisotopic (exact) mass is 315 g/mol. The van der Waals surface area contributed by atoms with Gasteiger partial charge in [-0.3, -0.25) is 4.79 Å². The van der Waals surface area contributed by atoms with Crippen molar-refractivity contribution in [2.45, 2.75) is 0 Å². The van der Waals surface area contributed by atoms with Gasteiger partial charge in [-0.1, -0.05) is 0 Å². The van der Waals surface area contributed by atoms with E-state index >= 15 is 0 Å². The maximum atomic E-state index is 12.7. The zero-order valence-electron chi connectivity index (χ0n) is 12.6. The topological polar surface area (TPSA) is 83.6 Å². The number of rotatable bonds is 2. The minimum atomic E-state index is 0.0131. The number of carbonyl (C=O) groups excluding carboxylic acids is 1. The van der Waals surface area contributed by atoms with Crippen LogP contribution in [0.1, 0.15) is 10.4 Å². The largest absolute Gasteiger partial charge is 0.486 e. The number of nitrogens with one attached hydrogen (secondary N) is 1. The number of ether oxygens (including phenoxy) is 2. The highest BCUT2D eigenvalue weighted by atomic mass is 16.6. The van der Waals surface area contributed by atoms with E-state index in [1.165, 1.54) is 6.33 Å². The van der Waals surface area contributed by atoms with Crippen LogP contribution in [0.2, 0.25) is 0 Å². The first-order valence-corrected chi connectivity index (χ1v) is 7.60. The van der Waals surface area contributed by atoms with Crippen LogP contribution in [-0.4, -0.2) is 65.4 Å². The van der Waals surface area contributed by atoms with Crippen LogP contribution in [0.3, 0.4) is 0 Å². The fourth-order valence-electron chi connectivity index (χ4n) is 2.83. The van der Waals surface area contributed by atoms with Crippen LogP contribution in [0.25, 0.3) is 0 Å². The van der Waals surface area contributed by atoms with Crippen LogP contribution in [0.4, 0.5) is 5.95 Å². The number of fused-ring (bicyclic) bond motifs is 1. The minimum absolute atomic E-state index is 0.0131. The van der Waals surface area contributed by atoms with Gasteiger partial charge in [-0.25, -0.2) is 5.10 Å². The van der Waals surface area contributed by atoms with Crippen LogP contribution < -0.4 is 14.4 Å². The summed E-state index contributed by atoms with van der Waals surface area (Å²) in [5.41, 5.74) is 0.627. The molecule has 4 rings (SSSR count). The zero-order valence-corrected chi connectivity index (χ0v) is 12.6. The van der Waals surface area contributed by atoms with Crippen molar-refractivity contribution in [1.82, 2.24) is 20.1 Å². The highest BCUT2D eigenvalue weighted by Crippen LogP contribution is 2.31. The molecule has 0 aliphatic carbocycles. The second kappa shape index (κ2) is 5.79. The molecule has 1 fully saturated rings. The maximum absolute atomic E-state index is 12.7. The molecule has 2 aliphatic rings. The molecule has 0 saturated carbocycles. The summed E-state index contributed by atoms with van der Waals surface area (Å²) in [5.74, 6) is 2.10. The van der Waals surface area contributed by atoms with Gasteiger partial charge in [0.15, 0.2) is 11.5 Å². The summed E-state index contributed by atoms with van der Waals surface area (Å²) in [6, 6.07) is 5.35. The van der Waals surface area contributed by atoms with E-state index in [2.05, 4.69) is 20.1 Å². The van der Waals surface area contributed by atoms with E-state index in [0.717, 1.165) is 19.0 Å². The molecule has 1 N–H and O–H groups in total. The standard InChI is InChI=1S/C15H17N5O3/c21-14(11-1-2-12-13(9-11)23-8-7-22-12)19-3-5-20(6-4-19)15-16-10-17-18-15/h1-2,9-10H,3-8H2,(H,16,17,18). The summed E-state index contributed by atoms with van der Waals surface area (Å²) in [7, 11) is 0. The van der Waals surface area contributed by atoms with Gasteiger partial charge < -0.3 is 19.3 Å². The number of benzene rings is 1. The molecule has 8 heteroatoms. The van der Waals surface area contributed by atoms with Crippen molar-refractivity contribution in [1.29, 1.82) is 0 Å². The SMILES string of the molecule is O=C(c1ccc2c(c1)OCCO2)N1CCN(c2ncn[nH]2)CC1. The Labute approximate surface area is 133 Å². The predicted molar refractivity (Wildman–Crippen MR) is 81.9 cm³/mol. The predicted octanol–water partition coefficient (Wildman–Crippen LogP) is 0.538. The van der Waals surface area contributed by atoms with Crippen LogP contribution in [0.15, 0.2) is 24.5 Å². The number of anilines is 1. The molecule has 1 aromatic heterocycles. The Bertz CT molecular complexity index is 695. The lowest BCUT2D eigenvalue weighted by Gasteiger charge is -2.34. The first kappa shape index (κ1) is 13.9. The summed E-state index contributed by atoms with van der Waals surface area (Å²) in [5, 5.41) is 6.70. The summed E-state index contributed by atoms with van der Waals surface area (Å²) < 4.78 is 11.0. The van der Waals surface area contributed by atoms with Crippen LogP contribution in [0.5, 0.6) is 11.5 Å². The fraction of sp³-hybridized carbons (Fsp3) is 0.400. The first-order chi connectivity index (χ1) is 11.3. The quantitative estimate of drug-likeness (QED) is 0.871. The molecule has 1 saturated heterocycles. The number of carbonyl (C=O) groups is 1. The lowest BCUT2D eigenvalue weighted by molar-refractivity contribution is 0.0745. The first-order valence-electron chi connectivity index (χ1n) is 7.60. The van der Waals surface area contributed by atoms with Crippen molar-refractivity contribution in [3.05, 3.63) is 30.1 Å². The number of amides is 1. The normalized spacial score (nSPS) is 17.2. The third kappa shape index (κ3) is 2.67. The molecule has 2 aromatic rings. The number of hydrogen-bond acceptors (Lipinski definition) is 6. The van der Waals surface area contributed by atoms with Gasteiger partial charge in [0.1, 0.15) is 19.5 Å². The van der Waals surface area contributed by atoms with E-state index in [9.17, 15) is 4.79 Å². The summed E-state index contributed by atoms with van der Waals surface area (Å²) in [4.78, 5) is 20.7.